The number of methoxy groups -OCH3 is 1. The molecular formula is C23H31BN2O2. The highest BCUT2D eigenvalue weighted by Gasteiger charge is 2.26. The van der Waals surface area contributed by atoms with E-state index in [2.05, 4.69) is 52.6 Å². The summed E-state index contributed by atoms with van der Waals surface area (Å²) in [5, 5.41) is 0. The highest BCUT2D eigenvalue weighted by Crippen LogP contribution is 2.31. The van der Waals surface area contributed by atoms with Crippen molar-refractivity contribution < 1.29 is 9.53 Å². The number of hydrogen-bond acceptors (Lipinski definition) is 3. The predicted molar refractivity (Wildman–Crippen MR) is 118 cm³/mol. The molecule has 1 saturated heterocycles. The number of amides is 1. The Bertz CT molecular complexity index is 873. The van der Waals surface area contributed by atoms with Crippen molar-refractivity contribution >= 4 is 19.2 Å². The highest BCUT2D eigenvalue weighted by molar-refractivity contribution is 6.33. The monoisotopic (exact) mass is 378 g/mol. The van der Waals surface area contributed by atoms with Gasteiger partial charge in [-0.25, -0.2) is 0 Å². The molecule has 0 aromatic heterocycles. The van der Waals surface area contributed by atoms with Gasteiger partial charge in [-0.2, -0.15) is 0 Å². The quantitative estimate of drug-likeness (QED) is 0.766. The van der Waals surface area contributed by atoms with Crippen LogP contribution >= 0.6 is 0 Å². The molecule has 1 aliphatic rings. The lowest BCUT2D eigenvalue weighted by molar-refractivity contribution is 0.0581. The number of ether oxygens (including phenoxy) is 1. The molecule has 28 heavy (non-hydrogen) atoms. The van der Waals surface area contributed by atoms with Gasteiger partial charge in [0, 0.05) is 37.8 Å². The third-order valence-corrected chi connectivity index (χ3v) is 6.35. The maximum absolute atomic E-state index is 12.9. The first-order valence-electron chi connectivity index (χ1n) is 10.1. The zero-order chi connectivity index (χ0) is 20.4. The molecule has 2 aromatic rings. The molecule has 0 N–H and O–H groups in total. The van der Waals surface area contributed by atoms with Crippen LogP contribution in [0, 0.1) is 20.8 Å². The minimum atomic E-state index is 0.145. The van der Waals surface area contributed by atoms with Gasteiger partial charge >= 0.3 is 0 Å². The van der Waals surface area contributed by atoms with Gasteiger partial charge in [-0.1, -0.05) is 23.2 Å². The Morgan fingerprint density at radius 2 is 1.71 bits per heavy atom. The summed E-state index contributed by atoms with van der Waals surface area (Å²) in [5.74, 6) is 1.09. The summed E-state index contributed by atoms with van der Waals surface area (Å²) < 4.78 is 5.45. The molecule has 0 bridgehead atoms. The highest BCUT2D eigenvalue weighted by atomic mass is 16.5. The van der Waals surface area contributed by atoms with Gasteiger partial charge in [0.25, 0.3) is 5.91 Å². The van der Waals surface area contributed by atoms with Crippen molar-refractivity contribution in [1.82, 2.24) is 9.80 Å². The molecular weight excluding hydrogens is 347 g/mol. The van der Waals surface area contributed by atoms with Crippen LogP contribution in [0.15, 0.2) is 30.3 Å². The number of nitrogens with zero attached hydrogens (tertiary/aromatic N) is 2. The van der Waals surface area contributed by atoms with E-state index in [-0.39, 0.29) is 5.91 Å². The second-order valence-corrected chi connectivity index (χ2v) is 7.91. The first kappa shape index (κ1) is 20.5. The molecule has 5 heteroatoms. The maximum atomic E-state index is 12.9. The molecule has 0 saturated carbocycles. The van der Waals surface area contributed by atoms with Gasteiger partial charge in [0.2, 0.25) is 0 Å². The molecule has 1 amide bonds. The average Bonchev–Trinajstić information content (AvgIpc) is 2.71. The SMILES string of the molecule is Bc1ccc(C(=O)N2CCN(C(C)c3ccc(OC)c(C)c3C)CC2)cc1C. The molecule has 0 aliphatic carbocycles. The largest absolute Gasteiger partial charge is 0.496 e. The Balaban J connectivity index is 1.67. The normalized spacial score (nSPS) is 16.1. The standard InChI is InChI=1S/C23H31BN2O2/c1-15-14-19(6-8-21(15)24)23(27)26-12-10-25(11-13-26)18(4)20-7-9-22(28-5)17(3)16(20)2/h6-9,14,18H,10-13,24H2,1-5H3. The van der Waals surface area contributed by atoms with Crippen molar-refractivity contribution in [2.24, 2.45) is 0 Å². The number of carbonyl (C=O) groups excluding carboxylic acids is 1. The van der Waals surface area contributed by atoms with Crippen molar-refractivity contribution in [3.8, 4) is 5.75 Å². The maximum Gasteiger partial charge on any atom is 0.253 e. The summed E-state index contributed by atoms with van der Waals surface area (Å²) in [6.07, 6.45) is 0. The van der Waals surface area contributed by atoms with E-state index >= 15 is 0 Å². The molecule has 4 nitrogen and oxygen atoms in total. The lowest BCUT2D eigenvalue weighted by atomic mass is 9.90. The second kappa shape index (κ2) is 8.40. The molecule has 1 fully saturated rings. The fraction of sp³-hybridized carbons (Fsp3) is 0.435. The van der Waals surface area contributed by atoms with Crippen molar-refractivity contribution in [2.45, 2.75) is 33.7 Å². The third-order valence-electron chi connectivity index (χ3n) is 6.35. The van der Waals surface area contributed by atoms with Crippen molar-refractivity contribution in [3.63, 3.8) is 0 Å². The number of aryl methyl sites for hydroxylation is 1. The Hall–Kier alpha value is -2.27. The smallest absolute Gasteiger partial charge is 0.253 e. The first-order valence-corrected chi connectivity index (χ1v) is 10.1. The van der Waals surface area contributed by atoms with Gasteiger partial charge in [0.1, 0.15) is 13.6 Å². The topological polar surface area (TPSA) is 32.8 Å². The van der Waals surface area contributed by atoms with E-state index in [1.54, 1.807) is 7.11 Å². The Morgan fingerprint density at radius 1 is 1.04 bits per heavy atom. The minimum absolute atomic E-state index is 0.145. The van der Waals surface area contributed by atoms with Gasteiger partial charge in [-0.05, 0) is 62.6 Å². The van der Waals surface area contributed by atoms with Gasteiger partial charge in [-0.3, -0.25) is 9.69 Å². The molecule has 2 aromatic carbocycles. The van der Waals surface area contributed by atoms with Crippen molar-refractivity contribution in [2.75, 3.05) is 33.3 Å². The van der Waals surface area contributed by atoms with E-state index in [1.165, 1.54) is 27.7 Å². The van der Waals surface area contributed by atoms with E-state index in [9.17, 15) is 4.79 Å². The molecule has 148 valence electrons. The summed E-state index contributed by atoms with van der Waals surface area (Å²) in [6.45, 7) is 11.9. The lowest BCUT2D eigenvalue weighted by Gasteiger charge is -2.39. The van der Waals surface area contributed by atoms with Crippen LogP contribution in [0.4, 0.5) is 0 Å². The van der Waals surface area contributed by atoms with E-state index in [1.807, 2.05) is 23.1 Å². The molecule has 1 atom stereocenters. The Labute approximate surface area is 169 Å². The molecule has 1 unspecified atom stereocenters. The van der Waals surface area contributed by atoms with E-state index in [4.69, 9.17) is 4.74 Å². The number of rotatable bonds is 4. The summed E-state index contributed by atoms with van der Waals surface area (Å²) in [7, 11) is 3.79. The summed E-state index contributed by atoms with van der Waals surface area (Å²) >= 11 is 0. The number of piperazine rings is 1. The van der Waals surface area contributed by atoms with E-state index in [0.29, 0.717) is 6.04 Å². The van der Waals surface area contributed by atoms with Gasteiger partial charge in [0.05, 0.1) is 7.11 Å². The lowest BCUT2D eigenvalue weighted by Crippen LogP contribution is -2.49. The van der Waals surface area contributed by atoms with Crippen LogP contribution in [0.2, 0.25) is 0 Å². The van der Waals surface area contributed by atoms with E-state index in [0.717, 1.165) is 37.5 Å². The second-order valence-electron chi connectivity index (χ2n) is 7.91. The fourth-order valence-corrected chi connectivity index (χ4v) is 4.06. The van der Waals surface area contributed by atoms with Crippen LogP contribution in [-0.2, 0) is 0 Å². The third kappa shape index (κ3) is 3.95. The predicted octanol–water partition coefficient (Wildman–Crippen LogP) is 2.40. The zero-order valence-electron chi connectivity index (χ0n) is 18.0. The Morgan fingerprint density at radius 3 is 2.32 bits per heavy atom. The van der Waals surface area contributed by atoms with Gasteiger partial charge < -0.3 is 9.64 Å². The molecule has 1 heterocycles. The van der Waals surface area contributed by atoms with Crippen molar-refractivity contribution in [1.29, 1.82) is 0 Å². The van der Waals surface area contributed by atoms with Gasteiger partial charge in [0.15, 0.2) is 0 Å². The number of benzene rings is 2. The molecule has 3 rings (SSSR count). The Kier molecular flexibility index (Phi) is 6.14. The van der Waals surface area contributed by atoms with E-state index < -0.39 is 0 Å². The van der Waals surface area contributed by atoms with Crippen LogP contribution in [0.5, 0.6) is 5.75 Å². The molecule has 1 aliphatic heterocycles. The number of carbonyl (C=O) groups is 1. The molecule has 0 spiro atoms. The minimum Gasteiger partial charge on any atom is -0.496 e. The fourth-order valence-electron chi connectivity index (χ4n) is 4.06. The summed E-state index contributed by atoms with van der Waals surface area (Å²) in [5.41, 5.74) is 7.03. The van der Waals surface area contributed by atoms with Crippen molar-refractivity contribution in [3.05, 3.63) is 58.1 Å². The summed E-state index contributed by atoms with van der Waals surface area (Å²) in [6, 6.07) is 10.6. The molecule has 0 radical (unpaired) electrons. The van der Waals surface area contributed by atoms with Crippen LogP contribution in [-0.4, -0.2) is 56.8 Å². The summed E-state index contributed by atoms with van der Waals surface area (Å²) in [4.78, 5) is 17.3. The first-order chi connectivity index (χ1) is 13.3. The average molecular weight is 378 g/mol. The van der Waals surface area contributed by atoms with Crippen LogP contribution in [0.25, 0.3) is 0 Å². The van der Waals surface area contributed by atoms with Crippen LogP contribution in [0.3, 0.4) is 0 Å². The number of hydrogen-bond donors (Lipinski definition) is 0. The van der Waals surface area contributed by atoms with Crippen LogP contribution in [0.1, 0.15) is 45.6 Å². The van der Waals surface area contributed by atoms with Crippen LogP contribution < -0.4 is 10.2 Å². The zero-order valence-corrected chi connectivity index (χ0v) is 18.0. The van der Waals surface area contributed by atoms with Gasteiger partial charge in [-0.15, -0.1) is 0 Å².